The first-order valence-corrected chi connectivity index (χ1v) is 13.6. The highest BCUT2D eigenvalue weighted by Crippen LogP contribution is 2.22. The molecular weight excluding hydrogens is 490 g/mol. The van der Waals surface area contributed by atoms with Crippen molar-refractivity contribution >= 4 is 28.9 Å². The molecule has 0 spiro atoms. The monoisotopic (exact) mass is 525 g/mol. The van der Waals surface area contributed by atoms with Crippen molar-refractivity contribution < 1.29 is 14.7 Å². The van der Waals surface area contributed by atoms with E-state index in [0.29, 0.717) is 25.2 Å². The molecule has 2 aliphatic rings. The van der Waals surface area contributed by atoms with E-state index in [4.69, 9.17) is 0 Å². The van der Waals surface area contributed by atoms with Crippen LogP contribution in [0.3, 0.4) is 0 Å². The molecule has 1 fully saturated rings. The average Bonchev–Trinajstić information content (AvgIpc) is 3.64. The van der Waals surface area contributed by atoms with E-state index in [9.17, 15) is 14.7 Å². The maximum atomic E-state index is 13.2. The average molecular weight is 526 g/mol. The molecule has 3 aromatic carbocycles. The topological polar surface area (TPSA) is 97.3 Å². The molecule has 2 atom stereocenters. The molecule has 0 aromatic heterocycles. The lowest BCUT2D eigenvalue weighted by Crippen LogP contribution is -2.50. The summed E-state index contributed by atoms with van der Waals surface area (Å²) in [5.41, 5.74) is 4.13. The van der Waals surface area contributed by atoms with Gasteiger partial charge < -0.3 is 20.6 Å². The van der Waals surface area contributed by atoms with E-state index in [1.165, 1.54) is 23.5 Å². The molecule has 39 heavy (non-hydrogen) atoms. The summed E-state index contributed by atoms with van der Waals surface area (Å²) in [6.07, 6.45) is 1.98. The molecule has 0 bridgehead atoms. The number of rotatable bonds is 11. The van der Waals surface area contributed by atoms with Crippen LogP contribution in [0.1, 0.15) is 30.4 Å². The standard InChI is InChI=1S/C31H35N5O3/c37-29(22-32-21-24-12-9-15-26(18-24)35-16-7-8-17-35)27(19-23-10-3-1-4-11-23)33-31(39)28-20-30(38)36(34-28)25-13-5-2-6-14-25/h1-6,9-15,18,27,29,32,37H,7-8,16-17,19-22H2,(H,33,39)/t27-,29-/m0/s1. The lowest BCUT2D eigenvalue weighted by Gasteiger charge is -2.25. The summed E-state index contributed by atoms with van der Waals surface area (Å²) in [5, 5.41) is 23.0. The van der Waals surface area contributed by atoms with Gasteiger partial charge in [-0.25, -0.2) is 0 Å². The molecule has 202 valence electrons. The molecule has 0 aliphatic carbocycles. The molecule has 3 aromatic rings. The quantitative estimate of drug-likeness (QED) is 0.357. The first kappa shape index (κ1) is 26.6. The summed E-state index contributed by atoms with van der Waals surface area (Å²) in [4.78, 5) is 28.1. The normalized spacial score (nSPS) is 16.7. The van der Waals surface area contributed by atoms with Crippen LogP contribution in [-0.2, 0) is 22.6 Å². The number of nitrogens with zero attached hydrogens (tertiary/aromatic N) is 3. The van der Waals surface area contributed by atoms with Crippen LogP contribution >= 0.6 is 0 Å². The van der Waals surface area contributed by atoms with Gasteiger partial charge in [-0.05, 0) is 54.7 Å². The van der Waals surface area contributed by atoms with Gasteiger partial charge >= 0.3 is 0 Å². The number of hydrogen-bond donors (Lipinski definition) is 3. The number of amides is 2. The maximum absolute atomic E-state index is 13.2. The van der Waals surface area contributed by atoms with Crippen LogP contribution < -0.4 is 20.5 Å². The van der Waals surface area contributed by atoms with Crippen LogP contribution in [-0.4, -0.2) is 54.4 Å². The van der Waals surface area contributed by atoms with Gasteiger partial charge in [0.15, 0.2) is 0 Å². The molecule has 2 heterocycles. The van der Waals surface area contributed by atoms with Gasteiger partial charge in [-0.3, -0.25) is 9.59 Å². The molecule has 0 unspecified atom stereocenters. The van der Waals surface area contributed by atoms with E-state index in [-0.39, 0.29) is 18.0 Å². The predicted octanol–water partition coefficient (Wildman–Crippen LogP) is 3.26. The third-order valence-corrected chi connectivity index (χ3v) is 7.18. The van der Waals surface area contributed by atoms with Crippen molar-refractivity contribution in [3.05, 3.63) is 96.1 Å². The fourth-order valence-electron chi connectivity index (χ4n) is 5.07. The summed E-state index contributed by atoms with van der Waals surface area (Å²) in [6, 6.07) is 26.7. The Morgan fingerprint density at radius 3 is 2.31 bits per heavy atom. The van der Waals surface area contributed by atoms with Crippen LogP contribution in [0.5, 0.6) is 0 Å². The van der Waals surface area contributed by atoms with Gasteiger partial charge in [-0.15, -0.1) is 0 Å². The van der Waals surface area contributed by atoms with Gasteiger partial charge in [-0.1, -0.05) is 60.7 Å². The summed E-state index contributed by atoms with van der Waals surface area (Å²) in [6.45, 7) is 3.10. The number of carbonyl (C=O) groups excluding carboxylic acids is 2. The van der Waals surface area contributed by atoms with Crippen LogP contribution in [0.4, 0.5) is 11.4 Å². The Kier molecular flexibility index (Phi) is 8.65. The van der Waals surface area contributed by atoms with Crippen LogP contribution in [0.15, 0.2) is 90.0 Å². The first-order valence-electron chi connectivity index (χ1n) is 13.6. The van der Waals surface area contributed by atoms with E-state index in [0.717, 1.165) is 24.2 Å². The number of anilines is 2. The van der Waals surface area contributed by atoms with Crippen molar-refractivity contribution in [2.24, 2.45) is 5.10 Å². The van der Waals surface area contributed by atoms with E-state index in [2.05, 4.69) is 44.9 Å². The Labute approximate surface area is 229 Å². The van der Waals surface area contributed by atoms with Gasteiger partial charge in [0, 0.05) is 31.9 Å². The third kappa shape index (κ3) is 6.90. The smallest absolute Gasteiger partial charge is 0.268 e. The SMILES string of the molecule is O=C(N[C@@H](Cc1ccccc1)[C@@H](O)CNCc1cccc(N2CCCC2)c1)C1=NN(c2ccccc2)C(=O)C1. The molecule has 2 aliphatic heterocycles. The molecule has 8 heteroatoms. The Balaban J connectivity index is 1.22. The number of aliphatic hydroxyl groups excluding tert-OH is 1. The second kappa shape index (κ2) is 12.7. The molecule has 2 amide bonds. The highest BCUT2D eigenvalue weighted by atomic mass is 16.3. The van der Waals surface area contributed by atoms with Crippen molar-refractivity contribution in [1.29, 1.82) is 0 Å². The molecular formula is C31H35N5O3. The number of hydrazone groups is 1. The number of benzene rings is 3. The largest absolute Gasteiger partial charge is 0.390 e. The lowest BCUT2D eigenvalue weighted by atomic mass is 10.0. The highest BCUT2D eigenvalue weighted by Gasteiger charge is 2.31. The number of hydrogen-bond acceptors (Lipinski definition) is 6. The maximum Gasteiger partial charge on any atom is 0.268 e. The van der Waals surface area contributed by atoms with Crippen molar-refractivity contribution in [2.45, 2.75) is 44.4 Å². The van der Waals surface area contributed by atoms with E-state index in [1.54, 1.807) is 12.1 Å². The van der Waals surface area contributed by atoms with Crippen molar-refractivity contribution in [3.8, 4) is 0 Å². The Hall–Kier alpha value is -4.01. The summed E-state index contributed by atoms with van der Waals surface area (Å²) in [7, 11) is 0. The van der Waals surface area contributed by atoms with E-state index < -0.39 is 18.1 Å². The predicted molar refractivity (Wildman–Crippen MR) is 154 cm³/mol. The molecule has 1 saturated heterocycles. The Morgan fingerprint density at radius 1 is 0.897 bits per heavy atom. The fraction of sp³-hybridized carbons (Fsp3) is 0.323. The number of aliphatic hydroxyl groups is 1. The van der Waals surface area contributed by atoms with Gasteiger partial charge in [0.2, 0.25) is 0 Å². The zero-order valence-electron chi connectivity index (χ0n) is 22.0. The molecule has 0 radical (unpaired) electrons. The highest BCUT2D eigenvalue weighted by molar-refractivity contribution is 6.44. The first-order chi connectivity index (χ1) is 19.1. The molecule has 3 N–H and O–H groups in total. The lowest BCUT2D eigenvalue weighted by molar-refractivity contribution is -0.118. The van der Waals surface area contributed by atoms with Crippen molar-refractivity contribution in [2.75, 3.05) is 29.5 Å². The fourth-order valence-corrected chi connectivity index (χ4v) is 5.07. The van der Waals surface area contributed by atoms with Gasteiger partial charge in [0.25, 0.3) is 11.8 Å². The number of carbonyl (C=O) groups is 2. The second-order valence-electron chi connectivity index (χ2n) is 10.1. The zero-order chi connectivity index (χ0) is 27.0. The van der Waals surface area contributed by atoms with Gasteiger partial charge in [-0.2, -0.15) is 10.1 Å². The van der Waals surface area contributed by atoms with Crippen molar-refractivity contribution in [1.82, 2.24) is 10.6 Å². The summed E-state index contributed by atoms with van der Waals surface area (Å²) >= 11 is 0. The number of para-hydroxylation sites is 1. The Morgan fingerprint density at radius 2 is 1.56 bits per heavy atom. The summed E-state index contributed by atoms with van der Waals surface area (Å²) < 4.78 is 0. The minimum atomic E-state index is -0.848. The zero-order valence-corrected chi connectivity index (χ0v) is 22.0. The van der Waals surface area contributed by atoms with Crippen LogP contribution in [0.25, 0.3) is 0 Å². The minimum absolute atomic E-state index is 0.0828. The van der Waals surface area contributed by atoms with Gasteiger partial charge in [0.1, 0.15) is 5.71 Å². The minimum Gasteiger partial charge on any atom is -0.390 e. The van der Waals surface area contributed by atoms with Crippen molar-refractivity contribution in [3.63, 3.8) is 0 Å². The summed E-state index contributed by atoms with van der Waals surface area (Å²) in [5.74, 6) is -0.704. The second-order valence-corrected chi connectivity index (χ2v) is 10.1. The third-order valence-electron chi connectivity index (χ3n) is 7.18. The van der Waals surface area contributed by atoms with Gasteiger partial charge in [0.05, 0.1) is 24.3 Å². The number of nitrogens with one attached hydrogen (secondary N) is 2. The van der Waals surface area contributed by atoms with E-state index in [1.807, 2.05) is 48.5 Å². The van der Waals surface area contributed by atoms with Crippen LogP contribution in [0, 0.1) is 0 Å². The molecule has 5 rings (SSSR count). The van der Waals surface area contributed by atoms with E-state index >= 15 is 0 Å². The molecule has 8 nitrogen and oxygen atoms in total. The Bertz CT molecular complexity index is 1290. The van der Waals surface area contributed by atoms with Crippen LogP contribution in [0.2, 0.25) is 0 Å². The molecule has 0 saturated carbocycles.